The zero-order valence-electron chi connectivity index (χ0n) is 10.8. The third-order valence-electron chi connectivity index (χ3n) is 3.52. The molecule has 1 saturated carbocycles. The first-order valence-corrected chi connectivity index (χ1v) is 8.47. The van der Waals surface area contributed by atoms with Crippen molar-refractivity contribution in [3.05, 3.63) is 34.1 Å². The first-order valence-electron chi connectivity index (χ1n) is 6.39. The first kappa shape index (κ1) is 14.9. The van der Waals surface area contributed by atoms with Gasteiger partial charge in [-0.05, 0) is 50.1 Å². The number of nitrogens with one attached hydrogen (secondary N) is 1. The summed E-state index contributed by atoms with van der Waals surface area (Å²) in [4.78, 5) is 12.0. The van der Waals surface area contributed by atoms with Gasteiger partial charge in [0.25, 0.3) is 5.91 Å². The summed E-state index contributed by atoms with van der Waals surface area (Å²) in [5.41, 5.74) is 0.121. The summed E-state index contributed by atoms with van der Waals surface area (Å²) in [5, 5.41) is 3.64. The Bertz CT molecular complexity index is 461. The topological polar surface area (TPSA) is 29.1 Å². The molecule has 0 spiro atoms. The van der Waals surface area contributed by atoms with Crippen LogP contribution in [-0.4, -0.2) is 23.5 Å². The zero-order valence-corrected chi connectivity index (χ0v) is 13.2. The van der Waals surface area contributed by atoms with Gasteiger partial charge in [-0.2, -0.15) is 11.8 Å². The maximum Gasteiger partial charge on any atom is 0.254 e. The van der Waals surface area contributed by atoms with Crippen LogP contribution in [0, 0.1) is 5.82 Å². The van der Waals surface area contributed by atoms with Crippen LogP contribution >= 0.6 is 27.7 Å². The highest BCUT2D eigenvalue weighted by molar-refractivity contribution is 9.10. The molecule has 0 radical (unpaired) electrons. The van der Waals surface area contributed by atoms with Crippen LogP contribution in [0.2, 0.25) is 0 Å². The van der Waals surface area contributed by atoms with E-state index in [9.17, 15) is 9.18 Å². The average Bonchev–Trinajstić information content (AvgIpc) is 2.39. The van der Waals surface area contributed by atoms with Gasteiger partial charge in [-0.3, -0.25) is 4.79 Å². The summed E-state index contributed by atoms with van der Waals surface area (Å²) in [5.74, 6) is -0.790. The molecule has 1 N–H and O–H groups in total. The van der Waals surface area contributed by atoms with E-state index in [2.05, 4.69) is 27.5 Å². The minimum atomic E-state index is -0.482. The Labute approximate surface area is 125 Å². The molecule has 0 aliphatic heterocycles. The molecule has 0 aromatic heterocycles. The molecular weight excluding hydrogens is 329 g/mol. The number of carbonyl (C=O) groups excluding carboxylic acids is 1. The van der Waals surface area contributed by atoms with Gasteiger partial charge >= 0.3 is 0 Å². The van der Waals surface area contributed by atoms with Crippen molar-refractivity contribution in [3.63, 3.8) is 0 Å². The Kier molecular flexibility index (Phi) is 5.28. The molecule has 19 heavy (non-hydrogen) atoms. The van der Waals surface area contributed by atoms with Gasteiger partial charge in [-0.15, -0.1) is 0 Å². The number of rotatable bonds is 3. The van der Waals surface area contributed by atoms with Crippen LogP contribution in [0.3, 0.4) is 0 Å². The molecule has 0 unspecified atom stereocenters. The van der Waals surface area contributed by atoms with E-state index in [-0.39, 0.29) is 17.5 Å². The lowest BCUT2D eigenvalue weighted by Crippen LogP contribution is -2.38. The van der Waals surface area contributed by atoms with Crippen LogP contribution in [0.25, 0.3) is 0 Å². The lowest BCUT2D eigenvalue weighted by atomic mass is 9.94. The van der Waals surface area contributed by atoms with Gasteiger partial charge in [-0.25, -0.2) is 4.39 Å². The average molecular weight is 346 g/mol. The van der Waals surface area contributed by atoms with Gasteiger partial charge in [0.15, 0.2) is 0 Å². The van der Waals surface area contributed by atoms with Crippen LogP contribution in [0.4, 0.5) is 4.39 Å². The van der Waals surface area contributed by atoms with Crippen LogP contribution in [0.5, 0.6) is 0 Å². The Balaban J connectivity index is 1.94. The third-order valence-corrected chi connectivity index (χ3v) is 5.15. The van der Waals surface area contributed by atoms with E-state index in [0.29, 0.717) is 9.72 Å². The van der Waals surface area contributed by atoms with Crippen molar-refractivity contribution >= 4 is 33.6 Å². The summed E-state index contributed by atoms with van der Waals surface area (Å²) in [6.07, 6.45) is 6.33. The number of amides is 1. The first-order chi connectivity index (χ1) is 9.10. The monoisotopic (exact) mass is 345 g/mol. The number of hydrogen-bond acceptors (Lipinski definition) is 2. The lowest BCUT2D eigenvalue weighted by Gasteiger charge is -2.28. The molecule has 1 aliphatic carbocycles. The number of hydrogen-bond donors (Lipinski definition) is 1. The van der Waals surface area contributed by atoms with Gasteiger partial charge in [-0.1, -0.05) is 15.9 Å². The predicted molar refractivity (Wildman–Crippen MR) is 81.1 cm³/mol. The van der Waals surface area contributed by atoms with E-state index < -0.39 is 5.82 Å². The fourth-order valence-corrected chi connectivity index (χ4v) is 3.46. The smallest absolute Gasteiger partial charge is 0.254 e. The van der Waals surface area contributed by atoms with Crippen LogP contribution < -0.4 is 5.32 Å². The van der Waals surface area contributed by atoms with E-state index in [1.54, 1.807) is 6.07 Å². The van der Waals surface area contributed by atoms with Crippen LogP contribution in [-0.2, 0) is 0 Å². The molecule has 0 bridgehead atoms. The number of benzene rings is 1. The fraction of sp³-hybridized carbons (Fsp3) is 0.500. The molecule has 104 valence electrons. The van der Waals surface area contributed by atoms with E-state index in [4.69, 9.17) is 0 Å². The van der Waals surface area contributed by atoms with Crippen molar-refractivity contribution < 1.29 is 9.18 Å². The predicted octanol–water partition coefficient (Wildman–Crippen LogP) is 3.99. The highest BCUT2D eigenvalue weighted by Gasteiger charge is 2.23. The Hall–Kier alpha value is -0.550. The number of carbonyl (C=O) groups is 1. The molecule has 1 amide bonds. The minimum absolute atomic E-state index is 0.121. The summed E-state index contributed by atoms with van der Waals surface area (Å²) in [6.45, 7) is 0. The molecule has 1 aromatic rings. The zero-order chi connectivity index (χ0) is 13.8. The van der Waals surface area contributed by atoms with Crippen molar-refractivity contribution in [2.24, 2.45) is 0 Å². The second-order valence-electron chi connectivity index (χ2n) is 4.81. The maximum atomic E-state index is 13.7. The van der Waals surface area contributed by atoms with Crippen molar-refractivity contribution in [2.75, 3.05) is 6.26 Å². The molecule has 0 atom stereocenters. The van der Waals surface area contributed by atoms with Crippen molar-refractivity contribution in [1.29, 1.82) is 0 Å². The molecule has 0 heterocycles. The Morgan fingerprint density at radius 1 is 1.37 bits per heavy atom. The molecular formula is C14H17BrFNOS. The third kappa shape index (κ3) is 3.96. The molecule has 1 aromatic carbocycles. The molecule has 1 aliphatic rings. The number of halogens is 2. The quantitative estimate of drug-likeness (QED) is 0.897. The fourth-order valence-electron chi connectivity index (χ4n) is 2.38. The van der Waals surface area contributed by atoms with Crippen molar-refractivity contribution in [2.45, 2.75) is 37.0 Å². The maximum absolute atomic E-state index is 13.7. The summed E-state index contributed by atoms with van der Waals surface area (Å²) >= 11 is 5.07. The molecule has 2 rings (SSSR count). The van der Waals surface area contributed by atoms with E-state index >= 15 is 0 Å². The standard InChI is InChI=1S/C14H17BrFNOS/c1-19-11-5-3-10(4-6-11)17-14(18)12-7-2-9(15)8-13(12)16/h2,7-8,10-11H,3-6H2,1H3,(H,17,18). The van der Waals surface area contributed by atoms with E-state index in [1.807, 2.05) is 11.8 Å². The van der Waals surface area contributed by atoms with E-state index in [0.717, 1.165) is 25.7 Å². The van der Waals surface area contributed by atoms with Gasteiger partial charge < -0.3 is 5.32 Å². The second-order valence-corrected chi connectivity index (χ2v) is 6.86. The van der Waals surface area contributed by atoms with E-state index in [1.165, 1.54) is 12.1 Å². The number of thioether (sulfide) groups is 1. The Morgan fingerprint density at radius 3 is 2.63 bits per heavy atom. The SMILES string of the molecule is CSC1CCC(NC(=O)c2ccc(Br)cc2F)CC1. The highest BCUT2D eigenvalue weighted by atomic mass is 79.9. The normalized spacial score (nSPS) is 23.1. The Morgan fingerprint density at radius 2 is 2.05 bits per heavy atom. The molecule has 5 heteroatoms. The minimum Gasteiger partial charge on any atom is -0.349 e. The van der Waals surface area contributed by atoms with Gasteiger partial charge in [0.2, 0.25) is 0 Å². The summed E-state index contributed by atoms with van der Waals surface area (Å²) in [6, 6.07) is 4.70. The van der Waals surface area contributed by atoms with Crippen LogP contribution in [0.15, 0.2) is 22.7 Å². The second kappa shape index (κ2) is 6.75. The molecule has 0 saturated heterocycles. The van der Waals surface area contributed by atoms with Crippen molar-refractivity contribution in [1.82, 2.24) is 5.32 Å². The molecule has 1 fully saturated rings. The van der Waals surface area contributed by atoms with Gasteiger partial charge in [0.1, 0.15) is 5.82 Å². The summed E-state index contributed by atoms with van der Waals surface area (Å²) in [7, 11) is 0. The van der Waals surface area contributed by atoms with Gasteiger partial charge in [0.05, 0.1) is 5.56 Å². The molecule has 2 nitrogen and oxygen atoms in total. The summed E-state index contributed by atoms with van der Waals surface area (Å²) < 4.78 is 14.3. The van der Waals surface area contributed by atoms with Crippen LogP contribution in [0.1, 0.15) is 36.0 Å². The lowest BCUT2D eigenvalue weighted by molar-refractivity contribution is 0.0924. The largest absolute Gasteiger partial charge is 0.349 e. The van der Waals surface area contributed by atoms with Gasteiger partial charge in [0, 0.05) is 15.8 Å². The highest BCUT2D eigenvalue weighted by Crippen LogP contribution is 2.27. The van der Waals surface area contributed by atoms with Crippen molar-refractivity contribution in [3.8, 4) is 0 Å².